The Morgan fingerprint density at radius 2 is 0.979 bits per heavy atom. The van der Waals surface area contributed by atoms with E-state index in [9.17, 15) is 0 Å². The molecule has 48 heavy (non-hydrogen) atoms. The second-order valence-electron chi connectivity index (χ2n) is 8.71. The van der Waals surface area contributed by atoms with Crippen LogP contribution >= 0.6 is 7.92 Å². The van der Waals surface area contributed by atoms with Crippen LogP contribution in [-0.4, -0.2) is 12.5 Å². The van der Waals surface area contributed by atoms with Crippen LogP contribution in [0.3, 0.4) is 0 Å². The molecule has 1 aliphatic rings. The average molecular weight is 739 g/mol. The molecule has 0 amide bonds. The van der Waals surface area contributed by atoms with Gasteiger partial charge in [-0.25, -0.2) is 4.99 Å². The van der Waals surface area contributed by atoms with E-state index in [1.54, 1.807) is 0 Å². The number of ether oxygens (including phenoxy) is 1. The van der Waals surface area contributed by atoms with Gasteiger partial charge in [-0.1, -0.05) is 133 Å². The second kappa shape index (κ2) is 28.7. The first kappa shape index (κ1) is 45.7. The predicted molar refractivity (Wildman–Crippen MR) is 177 cm³/mol. The third kappa shape index (κ3) is 14.1. The molecule has 2 radical (unpaired) electrons. The van der Waals surface area contributed by atoms with Crippen molar-refractivity contribution in [2.24, 2.45) is 4.99 Å². The Morgan fingerprint density at radius 3 is 1.42 bits per heavy atom. The molecule has 0 spiro atoms. The third-order valence-corrected chi connectivity index (χ3v) is 8.68. The predicted octanol–water partition coefficient (Wildman–Crippen LogP) is 6.48. The van der Waals surface area contributed by atoms with E-state index >= 15 is 0 Å². The topological polar surface area (TPSA) is 101 Å². The minimum absolute atomic E-state index is 0. The number of aliphatic imine (C=N–C) groups is 1. The molecule has 1 atom stereocenters. The Labute approximate surface area is 304 Å². The second-order valence-corrected chi connectivity index (χ2v) is 10.9. The molecular weight excluding hydrogens is 711 g/mol. The first-order valence-corrected chi connectivity index (χ1v) is 14.8. The van der Waals surface area contributed by atoms with Gasteiger partial charge in [0.1, 0.15) is 12.6 Å². The van der Waals surface area contributed by atoms with Crippen molar-refractivity contribution in [2.45, 2.75) is 6.04 Å². The van der Waals surface area contributed by atoms with Crippen molar-refractivity contribution < 1.29 is 56.9 Å². The molecule has 0 saturated carbocycles. The van der Waals surface area contributed by atoms with E-state index in [-0.39, 0.29) is 39.6 Å². The molecule has 5 aromatic rings. The summed E-state index contributed by atoms with van der Waals surface area (Å²) in [5.74, 6) is 3.28. The summed E-state index contributed by atoms with van der Waals surface area (Å²) >= 11 is 0. The van der Waals surface area contributed by atoms with Crippen molar-refractivity contribution in [1.29, 1.82) is 0 Å². The largest absolute Gasteiger partial charge is 0.475 e. The molecule has 6 nitrogen and oxygen atoms in total. The molecule has 0 N–H and O–H groups in total. The molecule has 242 valence electrons. The van der Waals surface area contributed by atoms with Crippen LogP contribution in [0.25, 0.3) is 0 Å². The molecular formula is C39H28Co2NO5P. The van der Waals surface area contributed by atoms with Gasteiger partial charge in [-0.2, -0.15) is 0 Å². The molecule has 9 heteroatoms. The fourth-order valence-electron chi connectivity index (χ4n) is 4.33. The molecule has 0 aliphatic carbocycles. The average Bonchev–Trinajstić information content (AvgIpc) is 3.68. The molecule has 0 saturated heterocycles. The van der Waals surface area contributed by atoms with Crippen LogP contribution in [0.1, 0.15) is 22.7 Å². The SMILES string of the molecule is C#Cc1ccccc1.[C-]#[O+].[C-]#[O+].[C-]#[O+].[C-]#[O+].[Co].[Co].c1ccc([C@@H]2COC(c3ccccc3P(c3ccccc3)c3ccccc3)=N2)cc1. The van der Waals surface area contributed by atoms with Crippen molar-refractivity contribution in [2.75, 3.05) is 6.61 Å². The summed E-state index contributed by atoms with van der Waals surface area (Å²) in [6, 6.07) is 50.1. The zero-order chi connectivity index (χ0) is 34.0. The summed E-state index contributed by atoms with van der Waals surface area (Å²) < 4.78 is 36.1. The molecule has 6 rings (SSSR count). The Bertz CT molecular complexity index is 1660. The van der Waals surface area contributed by atoms with E-state index in [1.807, 2.05) is 36.4 Å². The number of hydrogen-bond donors (Lipinski definition) is 0. The first-order chi connectivity index (χ1) is 22.8. The molecule has 1 aliphatic heterocycles. The third-order valence-electron chi connectivity index (χ3n) is 6.18. The standard InChI is InChI=1S/C27H22NOP.C8H6.4CO.2Co/c1-4-12-21(13-5-1)25-20-29-27(28-25)24-18-10-11-19-26(24)30(22-14-6-2-7-15-22)23-16-8-3-9-17-23;1-2-8-6-4-3-5-7-8;4*1-2;;/h1-19,25H,20H2;1,3-7H;;;;;;/t25-;;;;;;;/m0......./s1. The number of benzene rings is 5. The summed E-state index contributed by atoms with van der Waals surface area (Å²) in [5, 5.41) is 3.92. The summed E-state index contributed by atoms with van der Waals surface area (Å²) in [4.78, 5) is 4.96. The van der Waals surface area contributed by atoms with Gasteiger partial charge in [-0.15, -0.1) is 6.42 Å². The van der Waals surface area contributed by atoms with E-state index < -0.39 is 7.92 Å². The Kier molecular flexibility index (Phi) is 27.3. The van der Waals surface area contributed by atoms with Gasteiger partial charge in [0.25, 0.3) is 0 Å². The molecule has 0 aromatic heterocycles. The van der Waals surface area contributed by atoms with Gasteiger partial charge in [-0.05, 0) is 47.6 Å². The van der Waals surface area contributed by atoms with Crippen LogP contribution in [0.15, 0.2) is 151 Å². The summed E-state index contributed by atoms with van der Waals surface area (Å²) in [6.45, 7) is 18.6. The van der Waals surface area contributed by atoms with E-state index in [2.05, 4.69) is 142 Å². The zero-order valence-corrected chi connectivity index (χ0v) is 28.3. The van der Waals surface area contributed by atoms with Crippen LogP contribution in [0.5, 0.6) is 0 Å². The van der Waals surface area contributed by atoms with Gasteiger partial charge in [-0.3, -0.25) is 0 Å². The fraction of sp³-hybridized carbons (Fsp3) is 0.0513. The first-order valence-electron chi connectivity index (χ1n) is 13.4. The van der Waals surface area contributed by atoms with Crippen molar-refractivity contribution in [3.8, 4) is 12.3 Å². The van der Waals surface area contributed by atoms with Crippen molar-refractivity contribution in [1.82, 2.24) is 0 Å². The minimum Gasteiger partial charge on any atom is -0.475 e. The maximum absolute atomic E-state index is 7.50. The Balaban J connectivity index is 0. The van der Waals surface area contributed by atoms with Crippen LogP contribution in [0.2, 0.25) is 0 Å². The Hall–Kier alpha value is -4.47. The zero-order valence-electron chi connectivity index (χ0n) is 25.3. The monoisotopic (exact) mass is 739 g/mol. The van der Waals surface area contributed by atoms with Gasteiger partial charge >= 0.3 is 45.2 Å². The number of nitrogens with zero attached hydrogens (tertiary/aromatic N) is 1. The van der Waals surface area contributed by atoms with Gasteiger partial charge < -0.3 is 4.74 Å². The molecule has 0 unspecified atom stereocenters. The minimum atomic E-state index is -0.712. The fourth-order valence-corrected chi connectivity index (χ4v) is 6.77. The van der Waals surface area contributed by atoms with Gasteiger partial charge in [0.15, 0.2) is 0 Å². The normalized spacial score (nSPS) is 11.2. The maximum Gasteiger partial charge on any atom is 0.217 e. The van der Waals surface area contributed by atoms with Crippen LogP contribution < -0.4 is 15.9 Å². The number of hydrogen-bond acceptors (Lipinski definition) is 2. The van der Waals surface area contributed by atoms with Crippen LogP contribution in [0, 0.1) is 38.9 Å². The Morgan fingerprint density at radius 1 is 0.583 bits per heavy atom. The van der Waals surface area contributed by atoms with E-state index in [1.165, 1.54) is 21.5 Å². The number of terminal acetylenes is 1. The van der Waals surface area contributed by atoms with E-state index in [4.69, 9.17) is 34.8 Å². The van der Waals surface area contributed by atoms with Gasteiger partial charge in [0, 0.05) is 44.7 Å². The quantitative estimate of drug-likeness (QED) is 0.0878. The molecule has 0 bridgehead atoms. The summed E-state index contributed by atoms with van der Waals surface area (Å²) in [6.07, 6.45) is 5.10. The van der Waals surface area contributed by atoms with Gasteiger partial charge in [0.2, 0.25) is 5.90 Å². The number of rotatable bonds is 5. The van der Waals surface area contributed by atoms with E-state index in [0.29, 0.717) is 6.61 Å². The molecule has 1 heterocycles. The summed E-state index contributed by atoms with van der Waals surface area (Å²) in [5.41, 5.74) is 3.22. The van der Waals surface area contributed by atoms with Crippen molar-refractivity contribution in [3.05, 3.63) is 189 Å². The van der Waals surface area contributed by atoms with Crippen molar-refractivity contribution in [3.63, 3.8) is 0 Å². The van der Waals surface area contributed by atoms with Crippen molar-refractivity contribution >= 4 is 29.7 Å². The summed E-state index contributed by atoms with van der Waals surface area (Å²) in [7, 11) is -0.712. The smallest absolute Gasteiger partial charge is 0.217 e. The van der Waals surface area contributed by atoms with Crippen LogP contribution in [0.4, 0.5) is 0 Å². The van der Waals surface area contributed by atoms with E-state index in [0.717, 1.165) is 17.0 Å². The van der Waals surface area contributed by atoms with Crippen LogP contribution in [-0.2, 0) is 56.9 Å². The maximum atomic E-state index is 7.50. The molecule has 0 fully saturated rings. The van der Waals surface area contributed by atoms with Gasteiger partial charge in [0.05, 0.1) is 0 Å². The molecule has 5 aromatic carbocycles.